The highest BCUT2D eigenvalue weighted by atomic mass is 35.5. The third-order valence-electron chi connectivity index (χ3n) is 4.46. The predicted molar refractivity (Wildman–Crippen MR) is 100.0 cm³/mol. The van der Waals surface area contributed by atoms with Gasteiger partial charge in [-0.05, 0) is 58.9 Å². The first-order chi connectivity index (χ1) is 11.6. The molecule has 1 aliphatic rings. The van der Waals surface area contributed by atoms with Gasteiger partial charge in [-0.3, -0.25) is 4.90 Å². The van der Waals surface area contributed by atoms with Gasteiger partial charge in [0.15, 0.2) is 0 Å². The van der Waals surface area contributed by atoms with Crippen LogP contribution in [0, 0.1) is 0 Å². The standard InChI is InChI=1S/C19H29ClN2O3/c1-13(23)17-12-22(18(24)25-19(2,3)4)16(11-21(17)5)10-14-6-8-15(20)9-7-14/h6-9,13,16-17,23H,10-12H2,1-5H3/t13-,16-,17+/m0/s1. The summed E-state index contributed by atoms with van der Waals surface area (Å²) in [4.78, 5) is 16.6. The summed E-state index contributed by atoms with van der Waals surface area (Å²) in [5, 5.41) is 10.7. The molecule has 1 fully saturated rings. The highest BCUT2D eigenvalue weighted by Crippen LogP contribution is 2.23. The molecule has 0 unspecified atom stereocenters. The summed E-state index contributed by atoms with van der Waals surface area (Å²) >= 11 is 5.96. The fraction of sp³-hybridized carbons (Fsp3) is 0.632. The van der Waals surface area contributed by atoms with Gasteiger partial charge in [-0.25, -0.2) is 4.79 Å². The van der Waals surface area contributed by atoms with E-state index in [4.69, 9.17) is 16.3 Å². The summed E-state index contributed by atoms with van der Waals surface area (Å²) < 4.78 is 5.59. The summed E-state index contributed by atoms with van der Waals surface area (Å²) in [6, 6.07) is 7.57. The van der Waals surface area contributed by atoms with Crippen molar-refractivity contribution in [3.05, 3.63) is 34.9 Å². The molecule has 5 nitrogen and oxygen atoms in total. The minimum absolute atomic E-state index is 0.0176. The van der Waals surface area contributed by atoms with Crippen molar-refractivity contribution in [2.75, 3.05) is 20.1 Å². The molecule has 0 radical (unpaired) electrons. The maximum absolute atomic E-state index is 12.7. The van der Waals surface area contributed by atoms with Gasteiger partial charge in [0.2, 0.25) is 0 Å². The van der Waals surface area contributed by atoms with E-state index in [9.17, 15) is 9.90 Å². The van der Waals surface area contributed by atoms with E-state index >= 15 is 0 Å². The Morgan fingerprint density at radius 3 is 2.44 bits per heavy atom. The summed E-state index contributed by atoms with van der Waals surface area (Å²) in [6.07, 6.45) is -0.135. The molecule has 1 aromatic carbocycles. The zero-order valence-corrected chi connectivity index (χ0v) is 16.5. The lowest BCUT2D eigenvalue weighted by molar-refractivity contribution is -0.0327. The molecule has 1 heterocycles. The lowest BCUT2D eigenvalue weighted by atomic mass is 9.98. The molecule has 1 aromatic rings. The number of likely N-dealkylation sites (N-methyl/N-ethyl adjacent to an activating group) is 1. The molecule has 0 aliphatic carbocycles. The molecule has 3 atom stereocenters. The Balaban J connectivity index is 2.20. The Morgan fingerprint density at radius 1 is 1.32 bits per heavy atom. The Morgan fingerprint density at radius 2 is 1.92 bits per heavy atom. The number of hydrogen-bond acceptors (Lipinski definition) is 4. The first-order valence-electron chi connectivity index (χ1n) is 8.69. The number of carbonyl (C=O) groups is 1. The fourth-order valence-corrected chi connectivity index (χ4v) is 3.31. The SMILES string of the molecule is C[C@H](O)[C@H]1CN(C(=O)OC(C)(C)C)[C@@H](Cc2ccc(Cl)cc2)CN1C. The van der Waals surface area contributed by atoms with Gasteiger partial charge in [-0.15, -0.1) is 0 Å². The van der Waals surface area contributed by atoms with Crippen molar-refractivity contribution in [2.45, 2.75) is 57.9 Å². The van der Waals surface area contributed by atoms with Crippen molar-refractivity contribution in [3.63, 3.8) is 0 Å². The second-order valence-corrected chi connectivity index (χ2v) is 8.30. The number of ether oxygens (including phenoxy) is 1. The molecule has 6 heteroatoms. The average Bonchev–Trinajstić information content (AvgIpc) is 2.47. The van der Waals surface area contributed by atoms with Crippen LogP contribution in [0.3, 0.4) is 0 Å². The van der Waals surface area contributed by atoms with E-state index < -0.39 is 11.7 Å². The molecule has 2 rings (SSSR count). The van der Waals surface area contributed by atoms with E-state index in [1.165, 1.54) is 0 Å². The number of hydrogen-bond donors (Lipinski definition) is 1. The number of carbonyl (C=O) groups excluding carboxylic acids is 1. The van der Waals surface area contributed by atoms with Crippen LogP contribution in [0.15, 0.2) is 24.3 Å². The predicted octanol–water partition coefficient (Wildman–Crippen LogP) is 3.18. The Hall–Kier alpha value is -1.30. The third kappa shape index (κ3) is 5.59. The van der Waals surface area contributed by atoms with Crippen LogP contribution in [0.5, 0.6) is 0 Å². The first kappa shape index (κ1) is 20.0. The van der Waals surface area contributed by atoms with Gasteiger partial charge in [-0.1, -0.05) is 23.7 Å². The molecule has 140 valence electrons. The van der Waals surface area contributed by atoms with E-state index in [0.717, 1.165) is 5.56 Å². The van der Waals surface area contributed by atoms with E-state index in [-0.39, 0.29) is 18.2 Å². The van der Waals surface area contributed by atoms with Gasteiger partial charge in [0, 0.05) is 18.1 Å². The van der Waals surface area contributed by atoms with Crippen LogP contribution < -0.4 is 0 Å². The van der Waals surface area contributed by atoms with Crippen molar-refractivity contribution >= 4 is 17.7 Å². The minimum atomic E-state index is -0.550. The average molecular weight is 369 g/mol. The molecule has 1 aliphatic heterocycles. The third-order valence-corrected chi connectivity index (χ3v) is 4.71. The summed E-state index contributed by atoms with van der Waals surface area (Å²) in [6.45, 7) is 8.47. The number of aliphatic hydroxyl groups is 1. The van der Waals surface area contributed by atoms with Gasteiger partial charge >= 0.3 is 6.09 Å². The molecule has 0 saturated carbocycles. The van der Waals surface area contributed by atoms with Crippen molar-refractivity contribution in [2.24, 2.45) is 0 Å². The van der Waals surface area contributed by atoms with E-state index in [1.807, 2.05) is 52.1 Å². The van der Waals surface area contributed by atoms with Gasteiger partial charge in [0.05, 0.1) is 18.2 Å². The normalized spacial score (nSPS) is 23.4. The van der Waals surface area contributed by atoms with Crippen LogP contribution in [-0.4, -0.2) is 64.9 Å². The summed E-state index contributed by atoms with van der Waals surface area (Å²) in [5.74, 6) is 0. The number of aliphatic hydroxyl groups excluding tert-OH is 1. The van der Waals surface area contributed by atoms with Gasteiger partial charge in [0.1, 0.15) is 5.60 Å². The van der Waals surface area contributed by atoms with Gasteiger partial charge < -0.3 is 14.7 Å². The minimum Gasteiger partial charge on any atom is -0.444 e. The van der Waals surface area contributed by atoms with Crippen LogP contribution in [-0.2, 0) is 11.2 Å². The van der Waals surface area contributed by atoms with Crippen molar-refractivity contribution in [3.8, 4) is 0 Å². The molecule has 0 spiro atoms. The van der Waals surface area contributed by atoms with E-state index in [0.29, 0.717) is 24.5 Å². The zero-order chi connectivity index (χ0) is 18.8. The molecule has 1 saturated heterocycles. The maximum Gasteiger partial charge on any atom is 0.410 e. The van der Waals surface area contributed by atoms with Gasteiger partial charge in [0.25, 0.3) is 0 Å². The van der Waals surface area contributed by atoms with Crippen LogP contribution in [0.25, 0.3) is 0 Å². The number of nitrogens with zero attached hydrogens (tertiary/aromatic N) is 2. The number of amides is 1. The van der Waals surface area contributed by atoms with Crippen molar-refractivity contribution < 1.29 is 14.6 Å². The lowest BCUT2D eigenvalue weighted by Gasteiger charge is -2.46. The highest BCUT2D eigenvalue weighted by molar-refractivity contribution is 6.30. The van der Waals surface area contributed by atoms with Gasteiger partial charge in [-0.2, -0.15) is 0 Å². The Kier molecular flexibility index (Phi) is 6.35. The monoisotopic (exact) mass is 368 g/mol. The number of benzene rings is 1. The number of halogens is 1. The molecular formula is C19H29ClN2O3. The molecule has 0 bridgehead atoms. The quantitative estimate of drug-likeness (QED) is 0.890. The van der Waals surface area contributed by atoms with E-state index in [2.05, 4.69) is 4.90 Å². The first-order valence-corrected chi connectivity index (χ1v) is 9.07. The summed E-state index contributed by atoms with van der Waals surface area (Å²) in [5.41, 5.74) is 0.567. The maximum atomic E-state index is 12.7. The van der Waals surface area contributed by atoms with Crippen LogP contribution in [0.1, 0.15) is 33.3 Å². The highest BCUT2D eigenvalue weighted by Gasteiger charge is 2.38. The van der Waals surface area contributed by atoms with E-state index in [1.54, 1.807) is 11.8 Å². The molecule has 0 aromatic heterocycles. The molecule has 1 amide bonds. The number of rotatable bonds is 3. The smallest absolute Gasteiger partial charge is 0.410 e. The zero-order valence-electron chi connectivity index (χ0n) is 15.7. The topological polar surface area (TPSA) is 53.0 Å². The fourth-order valence-electron chi connectivity index (χ4n) is 3.19. The van der Waals surface area contributed by atoms with Crippen molar-refractivity contribution in [1.29, 1.82) is 0 Å². The lowest BCUT2D eigenvalue weighted by Crippen LogP contribution is -2.62. The Bertz CT molecular complexity index is 583. The second kappa shape index (κ2) is 7.94. The molecule has 25 heavy (non-hydrogen) atoms. The number of piperazine rings is 1. The van der Waals surface area contributed by atoms with Crippen LogP contribution in [0.2, 0.25) is 5.02 Å². The second-order valence-electron chi connectivity index (χ2n) is 7.86. The Labute approximate surface area is 155 Å². The molecular weight excluding hydrogens is 340 g/mol. The van der Waals surface area contributed by atoms with Crippen LogP contribution >= 0.6 is 11.6 Å². The summed E-state index contributed by atoms with van der Waals surface area (Å²) in [7, 11) is 1.98. The molecule has 1 N–H and O–H groups in total. The van der Waals surface area contributed by atoms with Crippen molar-refractivity contribution in [1.82, 2.24) is 9.80 Å². The van der Waals surface area contributed by atoms with Crippen LogP contribution in [0.4, 0.5) is 4.79 Å². The largest absolute Gasteiger partial charge is 0.444 e.